The van der Waals surface area contributed by atoms with Crippen molar-refractivity contribution in [3.63, 3.8) is 0 Å². The Kier molecular flexibility index (Phi) is 10.5. The lowest BCUT2D eigenvalue weighted by Crippen LogP contribution is -2.43. The SMILES string of the molecule is C[C@H](CCO[C@@H](C)COc1cncc(-c2nn(C3CCCCO3)c3ccc(O[Si](C)(C)C(C)(C)C)cc23)n1)CS(=O)(=O)O. The molecule has 1 aliphatic heterocycles. The number of rotatable bonds is 13. The average molecular weight is 635 g/mol. The number of aromatic nitrogens is 4. The summed E-state index contributed by atoms with van der Waals surface area (Å²) in [4.78, 5) is 9.12. The van der Waals surface area contributed by atoms with Gasteiger partial charge in [-0.15, -0.1) is 0 Å². The maximum atomic E-state index is 11.1. The molecule has 3 aromatic rings. The topological polar surface area (TPSA) is 135 Å². The maximum Gasteiger partial charge on any atom is 0.265 e. The fourth-order valence-electron chi connectivity index (χ4n) is 4.65. The molecule has 1 N–H and O–H groups in total. The number of benzene rings is 1. The van der Waals surface area contributed by atoms with E-state index in [0.29, 0.717) is 36.9 Å². The van der Waals surface area contributed by atoms with E-state index in [1.807, 2.05) is 23.7 Å². The highest BCUT2D eigenvalue weighted by Gasteiger charge is 2.39. The van der Waals surface area contributed by atoms with Gasteiger partial charge in [-0.2, -0.15) is 13.5 Å². The molecule has 1 unspecified atom stereocenters. The summed E-state index contributed by atoms with van der Waals surface area (Å²) in [5, 5.41) is 5.96. The standard InChI is InChI=1S/C30H46N4O7SSi/c1-21(20-42(35,36)37)13-15-38-22(2)19-40-27-18-31-17-25(32-27)29-24-16-23(41-43(6,7)30(3,4)5)11-12-26(24)34(33-29)28-10-8-9-14-39-28/h11-12,16-18,21-22,28H,8-10,13-15,19-20H2,1-7H3,(H,35,36,37)/t21-,22+,28?/m1/s1. The number of fused-ring (bicyclic) bond motifs is 1. The highest BCUT2D eigenvalue weighted by Crippen LogP contribution is 2.39. The van der Waals surface area contributed by atoms with Gasteiger partial charge in [0.15, 0.2) is 6.23 Å². The Labute approximate surface area is 256 Å². The molecule has 3 atom stereocenters. The predicted octanol–water partition coefficient (Wildman–Crippen LogP) is 6.27. The number of ether oxygens (including phenoxy) is 3. The molecule has 0 amide bonds. The molecule has 1 fully saturated rings. The first kappa shape index (κ1) is 33.3. The molecule has 0 saturated carbocycles. The minimum Gasteiger partial charge on any atom is -0.543 e. The maximum absolute atomic E-state index is 11.1. The summed E-state index contributed by atoms with van der Waals surface area (Å²) < 4.78 is 57.5. The summed E-state index contributed by atoms with van der Waals surface area (Å²) in [5.74, 6) is 0.650. The van der Waals surface area contributed by atoms with Crippen LogP contribution in [0, 0.1) is 5.92 Å². The molecule has 0 spiro atoms. The molecule has 43 heavy (non-hydrogen) atoms. The van der Waals surface area contributed by atoms with Crippen LogP contribution in [0.4, 0.5) is 0 Å². The fraction of sp³-hybridized carbons (Fsp3) is 0.633. The molecule has 238 valence electrons. The molecule has 3 heterocycles. The van der Waals surface area contributed by atoms with Crippen LogP contribution in [0.5, 0.6) is 11.6 Å². The van der Waals surface area contributed by atoms with Crippen LogP contribution in [0.1, 0.15) is 66.5 Å². The molecule has 1 aromatic carbocycles. The van der Waals surface area contributed by atoms with Gasteiger partial charge in [0, 0.05) is 18.6 Å². The minimum atomic E-state index is -4.00. The second kappa shape index (κ2) is 13.6. The molecule has 0 radical (unpaired) electrons. The number of hydrogen-bond donors (Lipinski definition) is 1. The molecule has 1 saturated heterocycles. The van der Waals surface area contributed by atoms with Gasteiger partial charge < -0.3 is 18.6 Å². The highest BCUT2D eigenvalue weighted by atomic mass is 32.2. The smallest absolute Gasteiger partial charge is 0.265 e. The van der Waals surface area contributed by atoms with Crippen molar-refractivity contribution < 1.29 is 31.6 Å². The molecule has 0 aliphatic carbocycles. The zero-order valence-corrected chi connectivity index (χ0v) is 28.2. The zero-order chi connectivity index (χ0) is 31.4. The van der Waals surface area contributed by atoms with Gasteiger partial charge in [-0.25, -0.2) is 9.67 Å². The van der Waals surface area contributed by atoms with Crippen molar-refractivity contribution in [2.24, 2.45) is 5.92 Å². The second-order valence-electron chi connectivity index (χ2n) is 13.0. The van der Waals surface area contributed by atoms with E-state index < -0.39 is 18.4 Å². The van der Waals surface area contributed by atoms with Crippen molar-refractivity contribution in [3.05, 3.63) is 30.6 Å². The van der Waals surface area contributed by atoms with Gasteiger partial charge in [0.25, 0.3) is 10.1 Å². The summed E-state index contributed by atoms with van der Waals surface area (Å²) in [7, 11) is -6.06. The highest BCUT2D eigenvalue weighted by molar-refractivity contribution is 7.85. The second-order valence-corrected chi connectivity index (χ2v) is 19.3. The van der Waals surface area contributed by atoms with Crippen LogP contribution >= 0.6 is 0 Å². The summed E-state index contributed by atoms with van der Waals surface area (Å²) >= 11 is 0. The van der Waals surface area contributed by atoms with Crippen LogP contribution < -0.4 is 9.16 Å². The molecule has 13 heteroatoms. The largest absolute Gasteiger partial charge is 0.543 e. The predicted molar refractivity (Wildman–Crippen MR) is 169 cm³/mol. The summed E-state index contributed by atoms with van der Waals surface area (Å²) in [6, 6.07) is 6.12. The van der Waals surface area contributed by atoms with Gasteiger partial charge >= 0.3 is 0 Å². The molecular formula is C30H46N4O7SSi. The van der Waals surface area contributed by atoms with E-state index in [1.54, 1.807) is 19.3 Å². The van der Waals surface area contributed by atoms with E-state index in [4.69, 9.17) is 33.3 Å². The summed E-state index contributed by atoms with van der Waals surface area (Å²) in [6.07, 6.45) is 6.34. The van der Waals surface area contributed by atoms with E-state index in [1.165, 1.54) is 0 Å². The molecule has 1 aliphatic rings. The number of nitrogens with zero attached hydrogens (tertiary/aromatic N) is 4. The van der Waals surface area contributed by atoms with Gasteiger partial charge in [0.2, 0.25) is 14.2 Å². The minimum absolute atomic E-state index is 0.0568. The summed E-state index contributed by atoms with van der Waals surface area (Å²) in [5.41, 5.74) is 2.21. The van der Waals surface area contributed by atoms with Gasteiger partial charge in [-0.3, -0.25) is 9.54 Å². The Hall–Kier alpha value is -2.58. The van der Waals surface area contributed by atoms with Crippen LogP contribution in [-0.4, -0.2) is 72.7 Å². The Morgan fingerprint density at radius 2 is 1.95 bits per heavy atom. The van der Waals surface area contributed by atoms with Crippen LogP contribution in [0.15, 0.2) is 30.6 Å². The lowest BCUT2D eigenvalue weighted by atomic mass is 10.1. The van der Waals surface area contributed by atoms with Gasteiger partial charge in [0.05, 0.1) is 29.8 Å². The fourth-order valence-corrected chi connectivity index (χ4v) is 6.56. The van der Waals surface area contributed by atoms with Crippen molar-refractivity contribution in [1.29, 1.82) is 0 Å². The van der Waals surface area contributed by atoms with Crippen molar-refractivity contribution in [2.75, 3.05) is 25.6 Å². The molecule has 4 rings (SSSR count). The first-order valence-electron chi connectivity index (χ1n) is 15.0. The first-order valence-corrected chi connectivity index (χ1v) is 19.5. The first-order chi connectivity index (χ1) is 20.1. The Morgan fingerprint density at radius 3 is 2.63 bits per heavy atom. The third-order valence-electron chi connectivity index (χ3n) is 8.11. The van der Waals surface area contributed by atoms with E-state index in [9.17, 15) is 8.42 Å². The van der Waals surface area contributed by atoms with Gasteiger partial charge in [-0.1, -0.05) is 27.7 Å². The van der Waals surface area contributed by atoms with Crippen molar-refractivity contribution in [2.45, 2.75) is 90.8 Å². The summed E-state index contributed by atoms with van der Waals surface area (Å²) in [6.45, 7) is 16.0. The zero-order valence-electron chi connectivity index (χ0n) is 26.4. The Morgan fingerprint density at radius 1 is 1.19 bits per heavy atom. The lowest BCUT2D eigenvalue weighted by Gasteiger charge is -2.36. The van der Waals surface area contributed by atoms with E-state index in [2.05, 4.69) is 44.9 Å². The van der Waals surface area contributed by atoms with Crippen LogP contribution in [0.25, 0.3) is 22.3 Å². The van der Waals surface area contributed by atoms with E-state index in [0.717, 1.165) is 35.9 Å². The quantitative estimate of drug-likeness (QED) is 0.169. The van der Waals surface area contributed by atoms with Crippen LogP contribution in [0.3, 0.4) is 0 Å². The monoisotopic (exact) mass is 634 g/mol. The third kappa shape index (κ3) is 8.97. The Bertz CT molecular complexity index is 1480. The van der Waals surface area contributed by atoms with E-state index in [-0.39, 0.29) is 35.6 Å². The van der Waals surface area contributed by atoms with E-state index >= 15 is 0 Å². The van der Waals surface area contributed by atoms with Crippen molar-refractivity contribution in [3.8, 4) is 23.0 Å². The van der Waals surface area contributed by atoms with Crippen molar-refractivity contribution in [1.82, 2.24) is 19.7 Å². The Balaban J connectivity index is 1.53. The molecule has 0 bridgehead atoms. The van der Waals surface area contributed by atoms with Crippen LogP contribution in [-0.2, 0) is 19.6 Å². The molecular weight excluding hydrogens is 589 g/mol. The van der Waals surface area contributed by atoms with Crippen LogP contribution in [0.2, 0.25) is 18.1 Å². The molecule has 11 nitrogen and oxygen atoms in total. The molecule has 2 aromatic heterocycles. The van der Waals surface area contributed by atoms with Crippen molar-refractivity contribution >= 4 is 29.3 Å². The average Bonchev–Trinajstić information content (AvgIpc) is 3.29. The third-order valence-corrected chi connectivity index (χ3v) is 13.5. The normalized spacial score (nSPS) is 18.0. The van der Waals surface area contributed by atoms with Gasteiger partial charge in [-0.05, 0) is 74.9 Å². The lowest BCUT2D eigenvalue weighted by molar-refractivity contribution is -0.0365. The van der Waals surface area contributed by atoms with Gasteiger partial charge in [0.1, 0.15) is 23.7 Å². The number of hydrogen-bond acceptors (Lipinski definition) is 9.